The summed E-state index contributed by atoms with van der Waals surface area (Å²) in [4.78, 5) is 32.0. The average Bonchev–Trinajstić information content (AvgIpc) is 3.21. The lowest BCUT2D eigenvalue weighted by Crippen LogP contribution is -2.41. The Morgan fingerprint density at radius 1 is 1.19 bits per heavy atom. The molecular weight excluding hydrogens is 421 g/mol. The summed E-state index contributed by atoms with van der Waals surface area (Å²) < 4.78 is 18.9. The second-order valence-corrected chi connectivity index (χ2v) is 8.11. The van der Waals surface area contributed by atoms with Gasteiger partial charge in [0, 0.05) is 57.5 Å². The van der Waals surface area contributed by atoms with Crippen LogP contribution in [0.4, 0.5) is 4.39 Å². The number of fused-ring (bicyclic) bond motifs is 1. The summed E-state index contributed by atoms with van der Waals surface area (Å²) in [6.07, 6.45) is 3.84. The van der Waals surface area contributed by atoms with Crippen molar-refractivity contribution in [2.45, 2.75) is 19.9 Å². The van der Waals surface area contributed by atoms with E-state index in [2.05, 4.69) is 9.72 Å². The van der Waals surface area contributed by atoms with E-state index in [9.17, 15) is 19.1 Å². The monoisotopic (exact) mass is 445 g/mol. The van der Waals surface area contributed by atoms with Crippen molar-refractivity contribution in [3.8, 4) is 16.3 Å². The van der Waals surface area contributed by atoms with E-state index >= 15 is 0 Å². The van der Waals surface area contributed by atoms with Gasteiger partial charge >= 0.3 is 0 Å². The first-order valence-corrected chi connectivity index (χ1v) is 10.6. The van der Waals surface area contributed by atoms with Gasteiger partial charge in [-0.05, 0) is 24.6 Å². The second kappa shape index (κ2) is 9.84. The van der Waals surface area contributed by atoms with Gasteiger partial charge in [-0.25, -0.2) is 9.37 Å². The van der Waals surface area contributed by atoms with E-state index in [1.807, 2.05) is 6.92 Å². The zero-order valence-electron chi connectivity index (χ0n) is 17.6. The van der Waals surface area contributed by atoms with E-state index in [1.165, 1.54) is 23.5 Å². The van der Waals surface area contributed by atoms with E-state index in [1.54, 1.807) is 48.2 Å². The number of hydrogen-bond donors (Lipinski definition) is 1. The lowest BCUT2D eigenvalue weighted by Gasteiger charge is -2.29. The van der Waals surface area contributed by atoms with E-state index in [4.69, 9.17) is 0 Å². The van der Waals surface area contributed by atoms with Gasteiger partial charge in [-0.2, -0.15) is 0 Å². The fourth-order valence-electron chi connectivity index (χ4n) is 3.30. The quantitative estimate of drug-likeness (QED) is 0.667. The SMILES string of the molecule is CCN1CCn2cc(-c3ncc(Cc4ccc(F)cc4)s3)c(=O)c(O)c2C1=O.COC. The van der Waals surface area contributed by atoms with Crippen LogP contribution in [0.3, 0.4) is 0 Å². The minimum atomic E-state index is -0.597. The first-order chi connectivity index (χ1) is 14.9. The summed E-state index contributed by atoms with van der Waals surface area (Å²) in [6.45, 7) is 3.41. The van der Waals surface area contributed by atoms with Crippen LogP contribution in [0.2, 0.25) is 0 Å². The van der Waals surface area contributed by atoms with Gasteiger partial charge in [0.1, 0.15) is 10.8 Å². The molecule has 3 aromatic rings. The highest BCUT2D eigenvalue weighted by Crippen LogP contribution is 2.28. The molecule has 0 saturated carbocycles. The number of likely N-dealkylation sites (N-methyl/N-ethyl adjacent to an activating group) is 1. The van der Waals surface area contributed by atoms with Gasteiger partial charge in [-0.15, -0.1) is 11.3 Å². The topological polar surface area (TPSA) is 84.7 Å². The molecule has 164 valence electrons. The first-order valence-electron chi connectivity index (χ1n) is 9.74. The molecule has 2 aromatic heterocycles. The molecule has 31 heavy (non-hydrogen) atoms. The number of benzene rings is 1. The minimum absolute atomic E-state index is 0.0324. The third-order valence-corrected chi connectivity index (χ3v) is 5.84. The number of thiazole rings is 1. The van der Waals surface area contributed by atoms with Crippen molar-refractivity contribution in [1.82, 2.24) is 14.5 Å². The molecular formula is C22H24FN3O4S. The maximum absolute atomic E-state index is 13.0. The molecule has 1 N–H and O–H groups in total. The van der Waals surface area contributed by atoms with Crippen molar-refractivity contribution in [1.29, 1.82) is 0 Å². The number of aromatic hydroxyl groups is 1. The number of carbonyl (C=O) groups excluding carboxylic acids is 1. The van der Waals surface area contributed by atoms with Gasteiger partial charge in [0.2, 0.25) is 5.43 Å². The Balaban J connectivity index is 0.000000858. The van der Waals surface area contributed by atoms with E-state index in [0.717, 1.165) is 10.4 Å². The summed E-state index contributed by atoms with van der Waals surface area (Å²) >= 11 is 1.34. The van der Waals surface area contributed by atoms with Gasteiger partial charge in [-0.1, -0.05) is 12.1 Å². The molecule has 9 heteroatoms. The summed E-state index contributed by atoms with van der Waals surface area (Å²) in [7, 11) is 3.25. The van der Waals surface area contributed by atoms with E-state index < -0.39 is 11.2 Å². The number of pyridine rings is 1. The van der Waals surface area contributed by atoms with Gasteiger partial charge in [0.05, 0.1) is 5.56 Å². The van der Waals surface area contributed by atoms with Crippen LogP contribution in [0.5, 0.6) is 5.75 Å². The molecule has 0 radical (unpaired) electrons. The summed E-state index contributed by atoms with van der Waals surface area (Å²) in [6, 6.07) is 6.22. The number of carbonyl (C=O) groups is 1. The van der Waals surface area contributed by atoms with Crippen molar-refractivity contribution < 1.29 is 19.0 Å². The van der Waals surface area contributed by atoms with Crippen molar-refractivity contribution in [2.75, 3.05) is 27.3 Å². The summed E-state index contributed by atoms with van der Waals surface area (Å²) in [5.41, 5.74) is 0.645. The predicted octanol–water partition coefficient (Wildman–Crippen LogP) is 3.15. The lowest BCUT2D eigenvalue weighted by atomic mass is 10.1. The fourth-order valence-corrected chi connectivity index (χ4v) is 4.26. The normalized spacial score (nSPS) is 12.9. The lowest BCUT2D eigenvalue weighted by molar-refractivity contribution is 0.0707. The molecule has 1 aliphatic rings. The smallest absolute Gasteiger partial charge is 0.274 e. The summed E-state index contributed by atoms with van der Waals surface area (Å²) in [5, 5.41) is 10.9. The zero-order chi connectivity index (χ0) is 22.5. The third kappa shape index (κ3) is 4.83. The number of methoxy groups -OCH3 is 1. The second-order valence-electron chi connectivity index (χ2n) is 6.99. The predicted molar refractivity (Wildman–Crippen MR) is 117 cm³/mol. The van der Waals surface area contributed by atoms with Crippen LogP contribution in [0.1, 0.15) is 27.9 Å². The molecule has 7 nitrogen and oxygen atoms in total. The van der Waals surface area contributed by atoms with Crippen LogP contribution < -0.4 is 5.43 Å². The number of ether oxygens (including phenoxy) is 1. The standard InChI is InChI=1S/C20H18FN3O3S.C2H6O/c1-2-23-7-8-24-11-15(17(25)18(26)16(24)20(23)27)19-22-10-14(28-19)9-12-3-5-13(21)6-4-12;1-3-2/h3-6,10-11,26H,2,7-9H2,1H3;1-2H3. The Labute approximate surface area is 183 Å². The number of nitrogens with zero attached hydrogens (tertiary/aromatic N) is 3. The summed E-state index contributed by atoms with van der Waals surface area (Å²) in [5.74, 6) is -1.16. The molecule has 0 bridgehead atoms. The molecule has 0 saturated heterocycles. The van der Waals surface area contributed by atoms with Gasteiger partial charge in [0.15, 0.2) is 11.4 Å². The Morgan fingerprint density at radius 2 is 1.87 bits per heavy atom. The fraction of sp³-hybridized carbons (Fsp3) is 0.318. The highest BCUT2D eigenvalue weighted by Gasteiger charge is 2.29. The molecule has 1 aromatic carbocycles. The van der Waals surface area contributed by atoms with Gasteiger partial charge < -0.3 is 19.3 Å². The molecule has 0 spiro atoms. The molecule has 1 aliphatic heterocycles. The maximum atomic E-state index is 13.0. The van der Waals surface area contributed by atoms with Crippen LogP contribution in [-0.2, 0) is 17.7 Å². The van der Waals surface area contributed by atoms with Crippen LogP contribution in [0.25, 0.3) is 10.6 Å². The Kier molecular flexibility index (Phi) is 7.19. The Bertz CT molecular complexity index is 1120. The van der Waals surface area contributed by atoms with Crippen molar-refractivity contribution in [3.05, 3.63) is 68.8 Å². The number of halogens is 1. The largest absolute Gasteiger partial charge is 0.503 e. The van der Waals surface area contributed by atoms with Crippen LogP contribution in [-0.4, -0.2) is 52.8 Å². The number of rotatable bonds is 4. The van der Waals surface area contributed by atoms with Crippen molar-refractivity contribution in [3.63, 3.8) is 0 Å². The zero-order valence-corrected chi connectivity index (χ0v) is 18.4. The highest BCUT2D eigenvalue weighted by atomic mass is 32.1. The maximum Gasteiger partial charge on any atom is 0.274 e. The highest BCUT2D eigenvalue weighted by molar-refractivity contribution is 7.15. The van der Waals surface area contributed by atoms with Crippen molar-refractivity contribution >= 4 is 17.2 Å². The number of aromatic nitrogens is 2. The molecule has 0 unspecified atom stereocenters. The molecule has 4 rings (SSSR count). The third-order valence-electron chi connectivity index (χ3n) is 4.81. The van der Waals surface area contributed by atoms with Crippen LogP contribution in [0.15, 0.2) is 41.5 Å². The van der Waals surface area contributed by atoms with Gasteiger partial charge in [0.25, 0.3) is 5.91 Å². The van der Waals surface area contributed by atoms with Gasteiger partial charge in [-0.3, -0.25) is 9.59 Å². The Morgan fingerprint density at radius 3 is 2.52 bits per heavy atom. The molecule has 0 atom stereocenters. The molecule has 0 aliphatic carbocycles. The Hall–Kier alpha value is -3.04. The van der Waals surface area contributed by atoms with Crippen LogP contribution in [0, 0.1) is 5.82 Å². The molecule has 3 heterocycles. The number of amides is 1. The number of hydrogen-bond acceptors (Lipinski definition) is 6. The molecule has 1 amide bonds. The molecule has 0 fully saturated rings. The van der Waals surface area contributed by atoms with E-state index in [0.29, 0.717) is 31.1 Å². The minimum Gasteiger partial charge on any atom is -0.503 e. The average molecular weight is 446 g/mol. The van der Waals surface area contributed by atoms with E-state index in [-0.39, 0.29) is 23.0 Å². The first kappa shape index (κ1) is 22.6. The van der Waals surface area contributed by atoms with Crippen molar-refractivity contribution in [2.24, 2.45) is 0 Å². The van der Waals surface area contributed by atoms with Crippen LogP contribution >= 0.6 is 11.3 Å².